The number of carbonyl (C=O) groups excluding carboxylic acids is 2. The van der Waals surface area contributed by atoms with Gasteiger partial charge >= 0.3 is 0 Å². The Labute approximate surface area is 166 Å². The van der Waals surface area contributed by atoms with Gasteiger partial charge in [0.05, 0.1) is 12.6 Å². The van der Waals surface area contributed by atoms with Crippen molar-refractivity contribution >= 4 is 17.5 Å². The molecule has 1 aliphatic rings. The number of rotatable bonds is 7. The number of hydrogen-bond donors (Lipinski definition) is 1. The van der Waals surface area contributed by atoms with Crippen LogP contribution in [0.25, 0.3) is 11.1 Å². The zero-order valence-corrected chi connectivity index (χ0v) is 16.4. The van der Waals surface area contributed by atoms with Gasteiger partial charge in [0.2, 0.25) is 11.8 Å². The predicted molar refractivity (Wildman–Crippen MR) is 111 cm³/mol. The second kappa shape index (κ2) is 9.51. The summed E-state index contributed by atoms with van der Waals surface area (Å²) in [5.74, 6) is -0.223. The first-order valence-electron chi connectivity index (χ1n) is 10.00. The lowest BCUT2D eigenvalue weighted by molar-refractivity contribution is -0.140. The number of carbonyl (C=O) groups is 2. The fraction of sp³-hybridized carbons (Fsp3) is 0.391. The fourth-order valence-corrected chi connectivity index (χ4v) is 3.72. The van der Waals surface area contributed by atoms with E-state index in [2.05, 4.69) is 19.1 Å². The first kappa shape index (κ1) is 20.1. The molecular weight excluding hydrogens is 352 g/mol. The lowest BCUT2D eigenvalue weighted by Gasteiger charge is -2.41. The molecule has 1 N–H and O–H groups in total. The molecule has 0 bridgehead atoms. The van der Waals surface area contributed by atoms with Gasteiger partial charge in [0, 0.05) is 18.7 Å². The van der Waals surface area contributed by atoms with Crippen LogP contribution < -0.4 is 4.90 Å². The molecule has 2 aromatic carbocycles. The predicted octanol–water partition coefficient (Wildman–Crippen LogP) is 3.47. The third kappa shape index (κ3) is 4.60. The number of anilines is 1. The van der Waals surface area contributed by atoms with Crippen molar-refractivity contribution in [3.63, 3.8) is 0 Å². The van der Waals surface area contributed by atoms with Gasteiger partial charge in [-0.3, -0.25) is 9.59 Å². The van der Waals surface area contributed by atoms with Gasteiger partial charge in [-0.2, -0.15) is 0 Å². The average molecular weight is 380 g/mol. The molecule has 148 valence electrons. The van der Waals surface area contributed by atoms with Crippen molar-refractivity contribution in [1.29, 1.82) is 0 Å². The van der Waals surface area contributed by atoms with Crippen LogP contribution in [0, 0.1) is 0 Å². The molecule has 0 radical (unpaired) electrons. The van der Waals surface area contributed by atoms with Crippen LogP contribution in [0.1, 0.15) is 32.6 Å². The Hall–Kier alpha value is -2.66. The molecule has 28 heavy (non-hydrogen) atoms. The van der Waals surface area contributed by atoms with Gasteiger partial charge in [-0.25, -0.2) is 0 Å². The van der Waals surface area contributed by atoms with Gasteiger partial charge in [0.25, 0.3) is 0 Å². The molecule has 1 fully saturated rings. The van der Waals surface area contributed by atoms with Crippen LogP contribution in [0.5, 0.6) is 0 Å². The first-order valence-corrected chi connectivity index (χ1v) is 10.00. The Bertz CT molecular complexity index is 807. The molecule has 1 aliphatic heterocycles. The number of piperazine rings is 1. The largest absolute Gasteiger partial charge is 0.396 e. The molecule has 0 aromatic heterocycles. The highest BCUT2D eigenvalue weighted by Gasteiger charge is 2.35. The van der Waals surface area contributed by atoms with Crippen LogP contribution in [0.2, 0.25) is 0 Å². The van der Waals surface area contributed by atoms with Crippen molar-refractivity contribution in [2.45, 2.75) is 38.6 Å². The summed E-state index contributed by atoms with van der Waals surface area (Å²) in [6, 6.07) is 18.1. The molecular formula is C23H28N2O3. The number of aliphatic hydroxyl groups is 1. The van der Waals surface area contributed by atoms with E-state index in [1.165, 1.54) is 0 Å². The number of aliphatic hydroxyl groups excluding tert-OH is 1. The van der Waals surface area contributed by atoms with Crippen molar-refractivity contribution in [2.24, 2.45) is 0 Å². The maximum atomic E-state index is 12.9. The van der Waals surface area contributed by atoms with Gasteiger partial charge in [-0.15, -0.1) is 0 Å². The van der Waals surface area contributed by atoms with Gasteiger partial charge in [0.1, 0.15) is 6.54 Å². The fourth-order valence-electron chi connectivity index (χ4n) is 3.72. The Morgan fingerprint density at radius 2 is 1.86 bits per heavy atom. The van der Waals surface area contributed by atoms with E-state index in [1.807, 2.05) is 42.5 Å². The number of benzene rings is 2. The summed E-state index contributed by atoms with van der Waals surface area (Å²) in [6.45, 7) is 2.50. The van der Waals surface area contributed by atoms with Crippen LogP contribution in [-0.2, 0) is 9.59 Å². The maximum Gasteiger partial charge on any atom is 0.246 e. The molecule has 1 atom stereocenters. The third-order valence-electron chi connectivity index (χ3n) is 5.24. The summed E-state index contributed by atoms with van der Waals surface area (Å²) in [5.41, 5.74) is 3.04. The van der Waals surface area contributed by atoms with Gasteiger partial charge in [-0.05, 0) is 29.7 Å². The molecule has 5 nitrogen and oxygen atoms in total. The SMILES string of the molecule is CCCCC1CN(c2cccc(-c3ccccc3)c2)C(=O)CN1C(=O)CCO. The molecule has 0 spiro atoms. The van der Waals surface area contributed by atoms with E-state index in [0.717, 1.165) is 36.1 Å². The Morgan fingerprint density at radius 3 is 2.57 bits per heavy atom. The molecule has 2 amide bonds. The Balaban J connectivity index is 1.84. The van der Waals surface area contributed by atoms with Crippen molar-refractivity contribution in [3.05, 3.63) is 54.6 Å². The molecule has 5 heteroatoms. The average Bonchev–Trinajstić information content (AvgIpc) is 2.73. The zero-order chi connectivity index (χ0) is 19.9. The number of amides is 2. The summed E-state index contributed by atoms with van der Waals surface area (Å²) < 4.78 is 0. The van der Waals surface area contributed by atoms with E-state index in [-0.39, 0.29) is 37.4 Å². The topological polar surface area (TPSA) is 60.9 Å². The maximum absolute atomic E-state index is 12.9. The Morgan fingerprint density at radius 1 is 1.11 bits per heavy atom. The minimum absolute atomic E-state index is 0.0166. The highest BCUT2D eigenvalue weighted by atomic mass is 16.3. The van der Waals surface area contributed by atoms with E-state index in [1.54, 1.807) is 9.80 Å². The molecule has 0 saturated carbocycles. The molecule has 3 rings (SSSR count). The lowest BCUT2D eigenvalue weighted by Crippen LogP contribution is -2.58. The van der Waals surface area contributed by atoms with Crippen LogP contribution in [0.4, 0.5) is 5.69 Å². The minimum atomic E-state index is -0.188. The van der Waals surface area contributed by atoms with Gasteiger partial charge < -0.3 is 14.9 Å². The third-order valence-corrected chi connectivity index (χ3v) is 5.24. The molecule has 1 saturated heterocycles. The summed E-state index contributed by atoms with van der Waals surface area (Å²) in [4.78, 5) is 28.7. The monoisotopic (exact) mass is 380 g/mol. The number of nitrogens with zero attached hydrogens (tertiary/aromatic N) is 2. The highest BCUT2D eigenvalue weighted by molar-refractivity contribution is 5.98. The summed E-state index contributed by atoms with van der Waals surface area (Å²) in [6.07, 6.45) is 2.96. The van der Waals surface area contributed by atoms with Crippen LogP contribution in [0.3, 0.4) is 0 Å². The van der Waals surface area contributed by atoms with Crippen LogP contribution >= 0.6 is 0 Å². The minimum Gasteiger partial charge on any atom is -0.396 e. The second-order valence-electron chi connectivity index (χ2n) is 7.21. The standard InChI is InChI=1S/C23H28N2O3/c1-2-3-11-21-16-24(23(28)17-25(21)22(27)13-14-26)20-12-7-10-19(15-20)18-8-5-4-6-9-18/h4-10,12,15,21,26H,2-3,11,13-14,16-17H2,1H3. The van der Waals surface area contributed by atoms with Crippen molar-refractivity contribution in [2.75, 3.05) is 24.6 Å². The summed E-state index contributed by atoms with van der Waals surface area (Å²) in [5, 5.41) is 9.12. The van der Waals surface area contributed by atoms with Crippen LogP contribution in [-0.4, -0.2) is 47.6 Å². The molecule has 2 aromatic rings. The number of unbranched alkanes of at least 4 members (excludes halogenated alkanes) is 1. The molecule has 0 aliphatic carbocycles. The lowest BCUT2D eigenvalue weighted by atomic mass is 10.0. The highest BCUT2D eigenvalue weighted by Crippen LogP contribution is 2.28. The second-order valence-corrected chi connectivity index (χ2v) is 7.21. The molecule has 1 heterocycles. The summed E-state index contributed by atoms with van der Waals surface area (Å²) in [7, 11) is 0. The Kier molecular flexibility index (Phi) is 6.82. The van der Waals surface area contributed by atoms with E-state index in [0.29, 0.717) is 6.54 Å². The molecule has 1 unspecified atom stereocenters. The normalized spacial score (nSPS) is 17.1. The first-order chi connectivity index (χ1) is 13.6. The van der Waals surface area contributed by atoms with Crippen molar-refractivity contribution in [3.8, 4) is 11.1 Å². The van der Waals surface area contributed by atoms with Gasteiger partial charge in [0.15, 0.2) is 0 Å². The number of hydrogen-bond acceptors (Lipinski definition) is 3. The zero-order valence-electron chi connectivity index (χ0n) is 16.4. The van der Waals surface area contributed by atoms with Crippen LogP contribution in [0.15, 0.2) is 54.6 Å². The smallest absolute Gasteiger partial charge is 0.246 e. The quantitative estimate of drug-likeness (QED) is 0.800. The van der Waals surface area contributed by atoms with E-state index < -0.39 is 0 Å². The van der Waals surface area contributed by atoms with E-state index in [4.69, 9.17) is 5.11 Å². The van der Waals surface area contributed by atoms with Crippen molar-refractivity contribution in [1.82, 2.24) is 4.90 Å². The van der Waals surface area contributed by atoms with E-state index in [9.17, 15) is 9.59 Å². The van der Waals surface area contributed by atoms with Gasteiger partial charge in [-0.1, -0.05) is 62.2 Å². The summed E-state index contributed by atoms with van der Waals surface area (Å²) >= 11 is 0. The van der Waals surface area contributed by atoms with E-state index >= 15 is 0 Å². The van der Waals surface area contributed by atoms with Crippen molar-refractivity contribution < 1.29 is 14.7 Å².